The summed E-state index contributed by atoms with van der Waals surface area (Å²) >= 11 is 0. The Balaban J connectivity index is 1.58. The van der Waals surface area contributed by atoms with Crippen molar-refractivity contribution < 1.29 is 4.42 Å². The fourth-order valence-corrected chi connectivity index (χ4v) is 5.48. The van der Waals surface area contributed by atoms with Crippen molar-refractivity contribution in [2.45, 2.75) is 84.5 Å². The summed E-state index contributed by atoms with van der Waals surface area (Å²) < 4.78 is 6.43. The molecule has 0 aliphatic heterocycles. The third kappa shape index (κ3) is 3.64. The fraction of sp³-hybridized carbons (Fsp3) is 0.419. The predicted octanol–water partition coefficient (Wildman–Crippen LogP) is 9.28. The molecule has 1 heterocycles. The van der Waals surface area contributed by atoms with Crippen molar-refractivity contribution in [2.24, 2.45) is 0 Å². The lowest BCUT2D eigenvalue weighted by atomic mass is 9.63. The molecular formula is C31H37NO. The van der Waals surface area contributed by atoms with E-state index in [-0.39, 0.29) is 16.2 Å². The van der Waals surface area contributed by atoms with Gasteiger partial charge in [0.2, 0.25) is 0 Å². The minimum atomic E-state index is 0.0370. The minimum absolute atomic E-state index is 0.0370. The second-order valence-electron chi connectivity index (χ2n) is 12.4. The van der Waals surface area contributed by atoms with Gasteiger partial charge in [0.25, 0.3) is 0 Å². The summed E-state index contributed by atoms with van der Waals surface area (Å²) in [5, 5.41) is 6.07. The highest BCUT2D eigenvalue weighted by molar-refractivity contribution is 6.07. The molecule has 0 bridgehead atoms. The van der Waals surface area contributed by atoms with Crippen molar-refractivity contribution in [3.8, 4) is 0 Å². The Morgan fingerprint density at radius 2 is 1.48 bits per heavy atom. The van der Waals surface area contributed by atoms with Crippen LogP contribution in [0.4, 0.5) is 11.4 Å². The molecule has 0 amide bonds. The number of anilines is 2. The smallest absolute Gasteiger partial charge is 0.139 e. The van der Waals surface area contributed by atoms with Crippen molar-refractivity contribution >= 4 is 33.3 Å². The highest BCUT2D eigenvalue weighted by Crippen LogP contribution is 2.47. The van der Waals surface area contributed by atoms with Gasteiger partial charge in [-0.15, -0.1) is 0 Å². The maximum absolute atomic E-state index is 6.43. The summed E-state index contributed by atoms with van der Waals surface area (Å²) in [7, 11) is 0. The molecule has 33 heavy (non-hydrogen) atoms. The van der Waals surface area contributed by atoms with Gasteiger partial charge in [0.1, 0.15) is 11.2 Å². The molecule has 0 fully saturated rings. The van der Waals surface area contributed by atoms with Gasteiger partial charge in [-0.2, -0.15) is 0 Å². The topological polar surface area (TPSA) is 25.2 Å². The first-order valence-corrected chi connectivity index (χ1v) is 12.3. The standard InChI is InChI=1S/C31H37NO/c1-19-16-24-25(31(7,8)15-14-30(24,5)6)18-26(19)32-20-12-13-21-22-10-9-11-23(29(2,3)4)28(22)33-27(21)17-20/h9-13,16-18,32H,14-15H2,1-8H3. The Kier molecular flexibility index (Phi) is 4.77. The van der Waals surface area contributed by atoms with Crippen LogP contribution in [0.25, 0.3) is 21.9 Å². The molecule has 0 saturated carbocycles. The summed E-state index contributed by atoms with van der Waals surface area (Å²) in [6, 6.07) is 17.8. The molecule has 2 nitrogen and oxygen atoms in total. The van der Waals surface area contributed by atoms with E-state index in [1.54, 1.807) is 0 Å². The van der Waals surface area contributed by atoms with Crippen LogP contribution in [-0.2, 0) is 16.2 Å². The van der Waals surface area contributed by atoms with Crippen LogP contribution in [0, 0.1) is 6.92 Å². The monoisotopic (exact) mass is 439 g/mol. The molecule has 5 rings (SSSR count). The molecule has 4 aromatic rings. The average molecular weight is 440 g/mol. The summed E-state index contributed by atoms with van der Waals surface area (Å²) in [6.45, 7) is 18.5. The summed E-state index contributed by atoms with van der Waals surface area (Å²) in [6.07, 6.45) is 2.45. The zero-order valence-electron chi connectivity index (χ0n) is 21.4. The Morgan fingerprint density at radius 3 is 2.15 bits per heavy atom. The molecular weight excluding hydrogens is 402 g/mol. The van der Waals surface area contributed by atoms with Gasteiger partial charge in [-0.25, -0.2) is 0 Å². The highest BCUT2D eigenvalue weighted by atomic mass is 16.3. The SMILES string of the molecule is Cc1cc2c(cc1Nc1ccc3c(c1)oc1c(C(C)(C)C)cccc13)C(C)(C)CCC2(C)C. The first-order chi connectivity index (χ1) is 15.4. The van der Waals surface area contributed by atoms with E-state index in [2.05, 4.69) is 109 Å². The van der Waals surface area contributed by atoms with Crippen molar-refractivity contribution in [1.29, 1.82) is 0 Å². The minimum Gasteiger partial charge on any atom is -0.456 e. The van der Waals surface area contributed by atoms with Gasteiger partial charge in [-0.05, 0) is 70.9 Å². The van der Waals surface area contributed by atoms with Gasteiger partial charge < -0.3 is 9.73 Å². The second kappa shape index (κ2) is 7.13. The fourth-order valence-electron chi connectivity index (χ4n) is 5.48. The summed E-state index contributed by atoms with van der Waals surface area (Å²) in [5.74, 6) is 0. The van der Waals surface area contributed by atoms with Crippen LogP contribution in [-0.4, -0.2) is 0 Å². The first-order valence-electron chi connectivity index (χ1n) is 12.3. The Hall–Kier alpha value is -2.74. The van der Waals surface area contributed by atoms with Gasteiger partial charge in [0.05, 0.1) is 0 Å². The normalized spacial score (nSPS) is 17.3. The third-order valence-electron chi connectivity index (χ3n) is 7.78. The lowest BCUT2D eigenvalue weighted by Crippen LogP contribution is -2.34. The number of benzene rings is 3. The maximum Gasteiger partial charge on any atom is 0.139 e. The van der Waals surface area contributed by atoms with Crippen LogP contribution in [0.3, 0.4) is 0 Å². The van der Waals surface area contributed by atoms with Gasteiger partial charge >= 0.3 is 0 Å². The Labute approximate surface area is 198 Å². The van der Waals surface area contributed by atoms with Crippen molar-refractivity contribution in [2.75, 3.05) is 5.32 Å². The number of fused-ring (bicyclic) bond motifs is 4. The van der Waals surface area contributed by atoms with E-state index >= 15 is 0 Å². The van der Waals surface area contributed by atoms with Crippen LogP contribution >= 0.6 is 0 Å². The van der Waals surface area contributed by atoms with Crippen molar-refractivity contribution in [3.63, 3.8) is 0 Å². The van der Waals surface area contributed by atoms with Crippen LogP contribution in [0.2, 0.25) is 0 Å². The lowest BCUT2D eigenvalue weighted by molar-refractivity contribution is 0.332. The molecule has 1 aliphatic rings. The van der Waals surface area contributed by atoms with Crippen molar-refractivity contribution in [3.05, 3.63) is 70.8 Å². The molecule has 1 N–H and O–H groups in total. The molecule has 3 aromatic carbocycles. The van der Waals surface area contributed by atoms with E-state index in [1.807, 2.05) is 0 Å². The van der Waals surface area contributed by atoms with E-state index < -0.39 is 0 Å². The molecule has 0 unspecified atom stereocenters. The number of furan rings is 1. The molecule has 0 spiro atoms. The quantitative estimate of drug-likeness (QED) is 0.336. The van der Waals surface area contributed by atoms with E-state index in [4.69, 9.17) is 4.42 Å². The molecule has 0 radical (unpaired) electrons. The molecule has 1 aromatic heterocycles. The second-order valence-corrected chi connectivity index (χ2v) is 12.4. The van der Waals surface area contributed by atoms with Crippen LogP contribution in [0.5, 0.6) is 0 Å². The largest absolute Gasteiger partial charge is 0.456 e. The summed E-state index contributed by atoms with van der Waals surface area (Å²) in [4.78, 5) is 0. The molecule has 172 valence electrons. The van der Waals surface area contributed by atoms with Crippen LogP contribution in [0.15, 0.2) is 52.9 Å². The average Bonchev–Trinajstić information content (AvgIpc) is 3.09. The van der Waals surface area contributed by atoms with Gasteiger partial charge in [-0.1, -0.05) is 72.7 Å². The number of rotatable bonds is 2. The van der Waals surface area contributed by atoms with E-state index in [0.717, 1.165) is 16.9 Å². The zero-order chi connectivity index (χ0) is 23.8. The maximum atomic E-state index is 6.43. The van der Waals surface area contributed by atoms with Crippen LogP contribution in [0.1, 0.15) is 83.6 Å². The van der Waals surface area contributed by atoms with Gasteiger partial charge in [0, 0.05) is 33.8 Å². The van der Waals surface area contributed by atoms with Crippen LogP contribution < -0.4 is 5.32 Å². The number of hydrogen-bond acceptors (Lipinski definition) is 2. The van der Waals surface area contributed by atoms with E-state index in [9.17, 15) is 0 Å². The van der Waals surface area contributed by atoms with Gasteiger partial charge in [0.15, 0.2) is 0 Å². The van der Waals surface area contributed by atoms with Gasteiger partial charge in [-0.3, -0.25) is 0 Å². The molecule has 2 heteroatoms. The third-order valence-corrected chi connectivity index (χ3v) is 7.78. The zero-order valence-corrected chi connectivity index (χ0v) is 21.4. The first kappa shape index (κ1) is 22.1. The number of aryl methyl sites for hydroxylation is 1. The lowest BCUT2D eigenvalue weighted by Gasteiger charge is -2.42. The molecule has 0 atom stereocenters. The number of hydrogen-bond donors (Lipinski definition) is 1. The number of para-hydroxylation sites is 1. The molecule has 0 saturated heterocycles. The van der Waals surface area contributed by atoms with E-state index in [0.29, 0.717) is 0 Å². The Morgan fingerprint density at radius 1 is 0.818 bits per heavy atom. The molecule has 1 aliphatic carbocycles. The highest BCUT2D eigenvalue weighted by Gasteiger charge is 2.37. The van der Waals surface area contributed by atoms with E-state index in [1.165, 1.54) is 51.6 Å². The Bertz CT molecular complexity index is 1380. The van der Waals surface area contributed by atoms with Crippen molar-refractivity contribution in [1.82, 2.24) is 0 Å². The number of nitrogens with one attached hydrogen (secondary N) is 1. The predicted molar refractivity (Wildman–Crippen MR) is 142 cm³/mol. The summed E-state index contributed by atoms with van der Waals surface area (Å²) in [5.41, 5.74) is 10.2.